The quantitative estimate of drug-likeness (QED) is 0.335. The van der Waals surface area contributed by atoms with Gasteiger partial charge < -0.3 is 10.9 Å². The van der Waals surface area contributed by atoms with E-state index in [4.69, 9.17) is 10.9 Å². The monoisotopic (exact) mass is 230 g/mol. The Kier molecular flexibility index (Phi) is 2.54. The van der Waals surface area contributed by atoms with Gasteiger partial charge in [-0.2, -0.15) is 0 Å². The molecule has 0 fully saturated rings. The van der Waals surface area contributed by atoms with Gasteiger partial charge in [0.25, 0.3) is 0 Å². The second-order valence-corrected chi connectivity index (χ2v) is 5.23. The molecule has 3 N–H and O–H groups in total. The summed E-state index contributed by atoms with van der Waals surface area (Å²) in [6.45, 7) is 0. The smallest absolute Gasteiger partial charge is 0.142 e. The lowest BCUT2D eigenvalue weighted by Crippen LogP contribution is -2.23. The third-order valence-electron chi connectivity index (χ3n) is 4.13. The second kappa shape index (κ2) is 4.06. The van der Waals surface area contributed by atoms with Crippen LogP contribution in [0.5, 0.6) is 0 Å². The summed E-state index contributed by atoms with van der Waals surface area (Å²) in [5.41, 5.74) is 11.6. The summed E-state index contributed by atoms with van der Waals surface area (Å²) in [4.78, 5) is 0. The molecule has 0 amide bonds. The summed E-state index contributed by atoms with van der Waals surface area (Å²) in [7, 11) is 0. The first-order valence-electron chi connectivity index (χ1n) is 6.39. The van der Waals surface area contributed by atoms with Crippen LogP contribution in [0.15, 0.2) is 17.3 Å². The van der Waals surface area contributed by atoms with Crippen molar-refractivity contribution in [2.24, 2.45) is 16.8 Å². The van der Waals surface area contributed by atoms with E-state index in [1.807, 2.05) is 0 Å². The van der Waals surface area contributed by atoms with Gasteiger partial charge in [0.15, 0.2) is 0 Å². The van der Waals surface area contributed by atoms with Crippen molar-refractivity contribution < 1.29 is 5.21 Å². The first kappa shape index (κ1) is 10.6. The Morgan fingerprint density at radius 1 is 1.06 bits per heavy atom. The zero-order valence-electron chi connectivity index (χ0n) is 9.95. The lowest BCUT2D eigenvalue weighted by molar-refractivity contribution is 0.314. The molecular weight excluding hydrogens is 212 g/mol. The third kappa shape index (κ3) is 1.79. The van der Waals surface area contributed by atoms with Crippen LogP contribution in [-0.2, 0) is 25.7 Å². The summed E-state index contributed by atoms with van der Waals surface area (Å²) in [6, 6.07) is 4.71. The molecule has 90 valence electrons. The molecule has 0 atom stereocenters. The van der Waals surface area contributed by atoms with Gasteiger partial charge in [0, 0.05) is 5.92 Å². The Balaban J connectivity index is 1.93. The number of hydrogen-bond donors (Lipinski definition) is 2. The fourth-order valence-corrected chi connectivity index (χ4v) is 3.16. The molecule has 0 unspecified atom stereocenters. The van der Waals surface area contributed by atoms with Gasteiger partial charge in [-0.3, -0.25) is 0 Å². The average molecular weight is 230 g/mol. The van der Waals surface area contributed by atoms with E-state index >= 15 is 0 Å². The van der Waals surface area contributed by atoms with Crippen LogP contribution < -0.4 is 5.73 Å². The minimum Gasteiger partial charge on any atom is -0.409 e. The van der Waals surface area contributed by atoms with Gasteiger partial charge in [-0.1, -0.05) is 17.3 Å². The van der Waals surface area contributed by atoms with Gasteiger partial charge in [0.05, 0.1) is 0 Å². The van der Waals surface area contributed by atoms with Crippen molar-refractivity contribution in [3.8, 4) is 0 Å². The molecule has 2 aliphatic rings. The molecule has 1 aromatic rings. The Labute approximate surface area is 101 Å². The molecule has 0 aromatic heterocycles. The number of nitrogens with two attached hydrogens (primary N) is 1. The normalized spacial score (nSPS) is 20.1. The van der Waals surface area contributed by atoms with Crippen LogP contribution in [0.2, 0.25) is 0 Å². The van der Waals surface area contributed by atoms with Crippen molar-refractivity contribution in [3.05, 3.63) is 34.4 Å². The van der Waals surface area contributed by atoms with Crippen molar-refractivity contribution in [2.75, 3.05) is 0 Å². The number of oxime groups is 1. The molecule has 3 rings (SSSR count). The molecule has 0 bridgehead atoms. The molecule has 1 aromatic carbocycles. The van der Waals surface area contributed by atoms with E-state index in [0.717, 1.165) is 12.8 Å². The average Bonchev–Trinajstić information content (AvgIpc) is 2.77. The standard InChI is InChI=1S/C14H18N2O/c15-14(16-17)13-7-11-5-9-3-1-2-4-10(9)6-12(11)8-13/h5-6,13,17H,1-4,7-8H2,(H2,15,16). The number of benzene rings is 1. The SMILES string of the molecule is N/C(=N\O)C1Cc2cc3c(cc2C1)CCCC3. The summed E-state index contributed by atoms with van der Waals surface area (Å²) in [6.07, 6.45) is 6.93. The van der Waals surface area contributed by atoms with Gasteiger partial charge in [-0.25, -0.2) is 0 Å². The first-order chi connectivity index (χ1) is 8.28. The van der Waals surface area contributed by atoms with E-state index in [1.165, 1.54) is 47.9 Å². The highest BCUT2D eigenvalue weighted by molar-refractivity contribution is 5.83. The number of fused-ring (bicyclic) bond motifs is 2. The van der Waals surface area contributed by atoms with Crippen molar-refractivity contribution in [3.63, 3.8) is 0 Å². The number of hydrogen-bond acceptors (Lipinski definition) is 2. The largest absolute Gasteiger partial charge is 0.409 e. The van der Waals surface area contributed by atoms with E-state index in [1.54, 1.807) is 0 Å². The highest BCUT2D eigenvalue weighted by Crippen LogP contribution is 2.32. The van der Waals surface area contributed by atoms with Crippen LogP contribution in [0.4, 0.5) is 0 Å². The third-order valence-corrected chi connectivity index (χ3v) is 4.13. The van der Waals surface area contributed by atoms with E-state index < -0.39 is 0 Å². The molecule has 0 heterocycles. The van der Waals surface area contributed by atoms with Crippen LogP contribution in [0.3, 0.4) is 0 Å². The molecule has 0 aliphatic heterocycles. The number of nitrogens with zero attached hydrogens (tertiary/aromatic N) is 1. The lowest BCUT2D eigenvalue weighted by Gasteiger charge is -2.17. The Hall–Kier alpha value is -1.51. The molecule has 0 spiro atoms. The van der Waals surface area contributed by atoms with Crippen LogP contribution >= 0.6 is 0 Å². The first-order valence-corrected chi connectivity index (χ1v) is 6.39. The topological polar surface area (TPSA) is 58.6 Å². The van der Waals surface area contributed by atoms with Gasteiger partial charge in [-0.05, 0) is 60.8 Å². The number of amidine groups is 1. The summed E-state index contributed by atoms with van der Waals surface area (Å²) >= 11 is 0. The van der Waals surface area contributed by atoms with Gasteiger partial charge in [-0.15, -0.1) is 0 Å². The maximum atomic E-state index is 8.75. The summed E-state index contributed by atoms with van der Waals surface area (Å²) in [5.74, 6) is 0.568. The van der Waals surface area contributed by atoms with E-state index in [-0.39, 0.29) is 5.92 Å². The van der Waals surface area contributed by atoms with Crippen molar-refractivity contribution in [1.29, 1.82) is 0 Å². The highest BCUT2D eigenvalue weighted by atomic mass is 16.4. The molecule has 0 saturated heterocycles. The fourth-order valence-electron chi connectivity index (χ4n) is 3.16. The molecule has 0 radical (unpaired) electrons. The van der Waals surface area contributed by atoms with Gasteiger partial charge in [0.1, 0.15) is 5.84 Å². The Bertz CT molecular complexity index is 444. The Morgan fingerprint density at radius 2 is 1.59 bits per heavy atom. The maximum Gasteiger partial charge on any atom is 0.142 e. The predicted molar refractivity (Wildman–Crippen MR) is 67.4 cm³/mol. The molecule has 2 aliphatic carbocycles. The predicted octanol–water partition coefficient (Wildman–Crippen LogP) is 2.03. The summed E-state index contributed by atoms with van der Waals surface area (Å²) < 4.78 is 0. The maximum absolute atomic E-state index is 8.75. The van der Waals surface area contributed by atoms with Crippen LogP contribution in [0, 0.1) is 5.92 Å². The summed E-state index contributed by atoms with van der Waals surface area (Å²) in [5, 5.41) is 11.9. The van der Waals surface area contributed by atoms with Gasteiger partial charge in [0.2, 0.25) is 0 Å². The van der Waals surface area contributed by atoms with Crippen molar-refractivity contribution in [1.82, 2.24) is 0 Å². The Morgan fingerprint density at radius 3 is 2.06 bits per heavy atom. The van der Waals surface area contributed by atoms with Crippen LogP contribution in [0.25, 0.3) is 0 Å². The van der Waals surface area contributed by atoms with E-state index in [2.05, 4.69) is 17.3 Å². The minimum absolute atomic E-state index is 0.193. The van der Waals surface area contributed by atoms with Gasteiger partial charge >= 0.3 is 0 Å². The van der Waals surface area contributed by atoms with Crippen molar-refractivity contribution in [2.45, 2.75) is 38.5 Å². The lowest BCUT2D eigenvalue weighted by atomic mass is 9.89. The molecule has 0 saturated carbocycles. The zero-order valence-corrected chi connectivity index (χ0v) is 9.95. The highest BCUT2D eigenvalue weighted by Gasteiger charge is 2.26. The molecular formula is C14H18N2O. The number of rotatable bonds is 1. The van der Waals surface area contributed by atoms with E-state index in [0.29, 0.717) is 5.84 Å². The van der Waals surface area contributed by atoms with Crippen LogP contribution in [-0.4, -0.2) is 11.0 Å². The number of aryl methyl sites for hydroxylation is 2. The fraction of sp³-hybridized carbons (Fsp3) is 0.500. The second-order valence-electron chi connectivity index (χ2n) is 5.23. The molecule has 17 heavy (non-hydrogen) atoms. The van der Waals surface area contributed by atoms with E-state index in [9.17, 15) is 0 Å². The van der Waals surface area contributed by atoms with Crippen molar-refractivity contribution >= 4 is 5.84 Å². The zero-order chi connectivity index (χ0) is 11.8. The van der Waals surface area contributed by atoms with Crippen LogP contribution in [0.1, 0.15) is 35.1 Å². The minimum atomic E-state index is 0.193. The molecule has 3 heteroatoms. The molecule has 3 nitrogen and oxygen atoms in total.